The Morgan fingerprint density at radius 2 is 1.72 bits per heavy atom. The highest BCUT2D eigenvalue weighted by Crippen LogP contribution is 2.31. The molecule has 10 heteroatoms. The Kier molecular flexibility index (Phi) is 5.26. The normalized spacial score (nSPS) is 10.9. The minimum Gasteiger partial charge on any atom is -0.456 e. The number of aromatic nitrogens is 6. The van der Waals surface area contributed by atoms with E-state index in [0.717, 1.165) is 32.5 Å². The SMILES string of the molecule is Cc1nc(COc2ncccn2)sc1-c1cccc(-c2ccc(-c3n[nH]c(=O)o3)cc2)n1. The van der Waals surface area contributed by atoms with Crippen LogP contribution in [0.4, 0.5) is 0 Å². The number of thiazole rings is 1. The van der Waals surface area contributed by atoms with Crippen LogP contribution in [0.25, 0.3) is 33.3 Å². The molecule has 0 unspecified atom stereocenters. The van der Waals surface area contributed by atoms with Gasteiger partial charge in [0.05, 0.1) is 22.0 Å². The van der Waals surface area contributed by atoms with Gasteiger partial charge in [0, 0.05) is 23.5 Å². The first-order valence-corrected chi connectivity index (χ1v) is 10.5. The van der Waals surface area contributed by atoms with E-state index in [1.165, 1.54) is 11.3 Å². The molecule has 9 nitrogen and oxygen atoms in total. The van der Waals surface area contributed by atoms with E-state index in [0.29, 0.717) is 18.2 Å². The third kappa shape index (κ3) is 4.16. The molecule has 4 aromatic heterocycles. The summed E-state index contributed by atoms with van der Waals surface area (Å²) in [6.45, 7) is 2.25. The largest absolute Gasteiger partial charge is 0.456 e. The maximum Gasteiger partial charge on any atom is 0.434 e. The standard InChI is InChI=1S/C22H16N6O3S/c1-13-19(32-18(25-13)12-30-21-23-10-3-11-24-21)17-5-2-4-16(26-17)14-6-8-15(9-7-14)20-27-28-22(29)31-20/h2-11H,12H2,1H3,(H,28,29). The van der Waals surface area contributed by atoms with Gasteiger partial charge in [-0.2, -0.15) is 0 Å². The van der Waals surface area contributed by atoms with Crippen molar-refractivity contribution in [1.82, 2.24) is 30.1 Å². The van der Waals surface area contributed by atoms with Crippen LogP contribution in [0, 0.1) is 6.92 Å². The van der Waals surface area contributed by atoms with E-state index in [1.807, 2.05) is 49.4 Å². The Morgan fingerprint density at radius 1 is 0.969 bits per heavy atom. The van der Waals surface area contributed by atoms with Crippen LogP contribution in [-0.2, 0) is 6.61 Å². The smallest absolute Gasteiger partial charge is 0.434 e. The quantitative estimate of drug-likeness (QED) is 0.419. The molecule has 0 fully saturated rings. The Labute approximate surface area is 185 Å². The van der Waals surface area contributed by atoms with Gasteiger partial charge >= 0.3 is 11.8 Å². The third-order valence-corrected chi connectivity index (χ3v) is 5.71. The molecule has 1 aromatic carbocycles. The number of hydrogen-bond acceptors (Lipinski definition) is 9. The Hall–Kier alpha value is -4.18. The van der Waals surface area contributed by atoms with Crippen LogP contribution in [0.1, 0.15) is 10.7 Å². The zero-order valence-corrected chi connectivity index (χ0v) is 17.7. The zero-order valence-electron chi connectivity index (χ0n) is 16.8. The molecule has 0 aliphatic carbocycles. The Bertz CT molecular complexity index is 1410. The van der Waals surface area contributed by atoms with Crippen LogP contribution < -0.4 is 10.5 Å². The second-order valence-corrected chi connectivity index (χ2v) is 7.83. The van der Waals surface area contributed by atoms with Gasteiger partial charge in [-0.15, -0.1) is 16.4 Å². The molecule has 5 rings (SSSR count). The van der Waals surface area contributed by atoms with E-state index in [4.69, 9.17) is 14.1 Å². The molecule has 0 amide bonds. The number of ether oxygens (including phenoxy) is 1. The van der Waals surface area contributed by atoms with Crippen LogP contribution in [0.5, 0.6) is 6.01 Å². The van der Waals surface area contributed by atoms with Crippen molar-refractivity contribution >= 4 is 11.3 Å². The number of nitrogens with one attached hydrogen (secondary N) is 1. The summed E-state index contributed by atoms with van der Waals surface area (Å²) in [5.74, 6) is -0.335. The lowest BCUT2D eigenvalue weighted by atomic mass is 10.1. The molecule has 0 atom stereocenters. The summed E-state index contributed by atoms with van der Waals surface area (Å²) in [5, 5.41) is 6.93. The summed E-state index contributed by atoms with van der Waals surface area (Å²) in [4.78, 5) is 29.7. The predicted octanol–water partition coefficient (Wildman–Crippen LogP) is 3.89. The summed E-state index contributed by atoms with van der Waals surface area (Å²) in [7, 11) is 0. The molecule has 0 spiro atoms. The number of aryl methyl sites for hydroxylation is 1. The van der Waals surface area contributed by atoms with Crippen LogP contribution in [0.3, 0.4) is 0 Å². The fourth-order valence-corrected chi connectivity index (χ4v) is 4.04. The van der Waals surface area contributed by atoms with E-state index < -0.39 is 5.76 Å². The number of hydrogen-bond donors (Lipinski definition) is 1. The number of aromatic amines is 1. The molecule has 5 aromatic rings. The fourth-order valence-electron chi connectivity index (χ4n) is 3.10. The van der Waals surface area contributed by atoms with E-state index in [-0.39, 0.29) is 5.89 Å². The highest BCUT2D eigenvalue weighted by atomic mass is 32.1. The number of rotatable bonds is 6. The lowest BCUT2D eigenvalue weighted by Gasteiger charge is -2.05. The van der Waals surface area contributed by atoms with Crippen molar-refractivity contribution in [3.05, 3.63) is 82.2 Å². The summed E-state index contributed by atoms with van der Waals surface area (Å²) in [6.07, 6.45) is 3.26. The average Bonchev–Trinajstić information content (AvgIpc) is 3.44. The molecule has 4 heterocycles. The van der Waals surface area contributed by atoms with Crippen LogP contribution in [0.2, 0.25) is 0 Å². The van der Waals surface area contributed by atoms with Crippen molar-refractivity contribution in [1.29, 1.82) is 0 Å². The first-order chi connectivity index (χ1) is 15.7. The molecule has 158 valence electrons. The van der Waals surface area contributed by atoms with Gasteiger partial charge < -0.3 is 9.15 Å². The van der Waals surface area contributed by atoms with E-state index in [1.54, 1.807) is 18.5 Å². The van der Waals surface area contributed by atoms with Gasteiger partial charge in [0.2, 0.25) is 5.89 Å². The van der Waals surface area contributed by atoms with Crippen molar-refractivity contribution in [2.24, 2.45) is 0 Å². The van der Waals surface area contributed by atoms with Gasteiger partial charge in [-0.05, 0) is 37.3 Å². The topological polar surface area (TPSA) is 120 Å². The minimum atomic E-state index is -0.584. The van der Waals surface area contributed by atoms with Crippen LogP contribution >= 0.6 is 11.3 Å². The van der Waals surface area contributed by atoms with Gasteiger partial charge in [0.25, 0.3) is 0 Å². The number of nitrogens with zero attached hydrogens (tertiary/aromatic N) is 5. The first kappa shape index (κ1) is 19.8. The highest BCUT2D eigenvalue weighted by Gasteiger charge is 2.13. The second-order valence-electron chi connectivity index (χ2n) is 6.75. The van der Waals surface area contributed by atoms with Gasteiger partial charge in [0.15, 0.2) is 0 Å². The van der Waals surface area contributed by atoms with Crippen LogP contribution in [-0.4, -0.2) is 30.1 Å². The summed E-state index contributed by atoms with van der Waals surface area (Å²) in [5.41, 5.74) is 4.17. The molecule has 1 N–H and O–H groups in total. The van der Waals surface area contributed by atoms with Crippen molar-refractivity contribution in [2.75, 3.05) is 0 Å². The molecule has 0 bridgehead atoms. The van der Waals surface area contributed by atoms with Crippen molar-refractivity contribution in [2.45, 2.75) is 13.5 Å². The predicted molar refractivity (Wildman–Crippen MR) is 118 cm³/mol. The van der Waals surface area contributed by atoms with E-state index >= 15 is 0 Å². The van der Waals surface area contributed by atoms with E-state index in [9.17, 15) is 4.79 Å². The monoisotopic (exact) mass is 444 g/mol. The van der Waals surface area contributed by atoms with E-state index in [2.05, 4.69) is 25.1 Å². The first-order valence-electron chi connectivity index (χ1n) is 9.65. The highest BCUT2D eigenvalue weighted by molar-refractivity contribution is 7.15. The molecule has 0 aliphatic heterocycles. The Balaban J connectivity index is 1.37. The molecule has 32 heavy (non-hydrogen) atoms. The average molecular weight is 444 g/mol. The molecular weight excluding hydrogens is 428 g/mol. The summed E-state index contributed by atoms with van der Waals surface area (Å²) >= 11 is 1.53. The zero-order chi connectivity index (χ0) is 21.9. The van der Waals surface area contributed by atoms with Crippen molar-refractivity contribution in [3.8, 4) is 39.3 Å². The maximum absolute atomic E-state index is 11.2. The molecule has 0 saturated heterocycles. The number of pyridine rings is 1. The molecule has 0 radical (unpaired) electrons. The molecule has 0 aliphatic rings. The fraction of sp³-hybridized carbons (Fsp3) is 0.0909. The maximum atomic E-state index is 11.2. The van der Waals surface area contributed by atoms with Gasteiger partial charge in [-0.3, -0.25) is 0 Å². The molecule has 0 saturated carbocycles. The summed E-state index contributed by atoms with van der Waals surface area (Å²) < 4.78 is 10.6. The van der Waals surface area contributed by atoms with Crippen molar-refractivity contribution < 1.29 is 9.15 Å². The van der Waals surface area contributed by atoms with Gasteiger partial charge in [-0.25, -0.2) is 29.8 Å². The lowest BCUT2D eigenvalue weighted by molar-refractivity contribution is 0.280. The number of H-pyrrole nitrogens is 1. The minimum absolute atomic E-state index is 0.249. The third-order valence-electron chi connectivity index (χ3n) is 4.56. The second kappa shape index (κ2) is 8.52. The van der Waals surface area contributed by atoms with Gasteiger partial charge in [0.1, 0.15) is 11.6 Å². The number of benzene rings is 1. The van der Waals surface area contributed by atoms with Crippen molar-refractivity contribution in [3.63, 3.8) is 0 Å². The van der Waals surface area contributed by atoms with Gasteiger partial charge in [-0.1, -0.05) is 18.2 Å². The summed E-state index contributed by atoms with van der Waals surface area (Å²) in [6, 6.07) is 15.4. The Morgan fingerprint density at radius 3 is 2.47 bits per heavy atom. The molecular formula is C22H16N6O3S. The van der Waals surface area contributed by atoms with Crippen LogP contribution in [0.15, 0.2) is 70.1 Å². The lowest BCUT2D eigenvalue weighted by Crippen LogP contribution is -1.98.